The molecule has 0 heterocycles. The van der Waals surface area contributed by atoms with E-state index in [1.165, 1.54) is 26.0 Å². The predicted octanol–water partition coefficient (Wildman–Crippen LogP) is 4.51. The van der Waals surface area contributed by atoms with E-state index in [0.717, 1.165) is 11.1 Å². The fourth-order valence-corrected chi connectivity index (χ4v) is 5.33. The highest BCUT2D eigenvalue weighted by Gasteiger charge is 2.33. The first-order chi connectivity index (χ1) is 18.1. The van der Waals surface area contributed by atoms with E-state index in [2.05, 4.69) is 17.2 Å². The molecule has 0 radical (unpaired) electrons. The molecule has 0 aliphatic heterocycles. The predicted molar refractivity (Wildman–Crippen MR) is 152 cm³/mol. The highest BCUT2D eigenvalue weighted by Crippen LogP contribution is 2.21. The third kappa shape index (κ3) is 11.5. The van der Waals surface area contributed by atoms with Crippen LogP contribution in [-0.4, -0.2) is 50.0 Å². The molecule has 39 heavy (non-hydrogen) atoms. The van der Waals surface area contributed by atoms with Crippen molar-refractivity contribution >= 4 is 21.9 Å². The number of hydrogen-bond acceptors (Lipinski definition) is 7. The quantitative estimate of drug-likeness (QED) is 0.251. The van der Waals surface area contributed by atoms with Gasteiger partial charge in [-0.1, -0.05) is 29.5 Å². The number of esters is 1. The van der Waals surface area contributed by atoms with Gasteiger partial charge in [-0.3, -0.25) is 0 Å². The minimum absolute atomic E-state index is 0.0916. The molecule has 2 aromatic carbocycles. The lowest BCUT2D eigenvalue weighted by Crippen LogP contribution is -2.47. The SMILES string of the molecule is Cc1ccc(C#Cc2ccc(S(=O)(=O)CC(C)(C)OC(=O)N[C@H](CCCCN)C(=O)OC(C)(C)C)cc2)cc1. The van der Waals surface area contributed by atoms with Crippen LogP contribution in [0, 0.1) is 18.8 Å². The molecule has 2 rings (SSSR count). The molecule has 2 aromatic rings. The van der Waals surface area contributed by atoms with Crippen molar-refractivity contribution in [1.82, 2.24) is 5.32 Å². The second kappa shape index (κ2) is 13.6. The Kier molecular flexibility index (Phi) is 11.1. The maximum absolute atomic E-state index is 13.1. The van der Waals surface area contributed by atoms with Gasteiger partial charge >= 0.3 is 12.1 Å². The molecule has 0 fully saturated rings. The number of nitrogens with two attached hydrogens (primary N) is 1. The molecule has 1 amide bonds. The number of hydrogen-bond donors (Lipinski definition) is 2. The molecule has 0 saturated heterocycles. The topological polar surface area (TPSA) is 125 Å². The molecule has 8 nitrogen and oxygen atoms in total. The molecule has 0 aliphatic rings. The highest BCUT2D eigenvalue weighted by molar-refractivity contribution is 7.91. The van der Waals surface area contributed by atoms with Gasteiger partial charge in [0.1, 0.15) is 17.2 Å². The number of ether oxygens (including phenoxy) is 2. The summed E-state index contributed by atoms with van der Waals surface area (Å²) in [7, 11) is -3.80. The van der Waals surface area contributed by atoms with Gasteiger partial charge in [-0.15, -0.1) is 0 Å². The largest absolute Gasteiger partial charge is 0.458 e. The number of amides is 1. The van der Waals surface area contributed by atoms with Crippen LogP contribution in [-0.2, 0) is 24.1 Å². The van der Waals surface area contributed by atoms with Crippen molar-refractivity contribution in [2.24, 2.45) is 5.73 Å². The third-order valence-corrected chi connectivity index (χ3v) is 7.52. The molecule has 0 aliphatic carbocycles. The van der Waals surface area contributed by atoms with Crippen molar-refractivity contribution in [2.75, 3.05) is 12.3 Å². The number of unbranched alkanes of at least 4 members (excludes halogenated alkanes) is 1. The number of sulfone groups is 1. The second-order valence-electron chi connectivity index (χ2n) is 11.1. The number of rotatable bonds is 10. The number of nitrogens with one attached hydrogen (secondary N) is 1. The van der Waals surface area contributed by atoms with Crippen LogP contribution < -0.4 is 11.1 Å². The van der Waals surface area contributed by atoms with Crippen LogP contribution in [0.5, 0.6) is 0 Å². The first kappa shape index (κ1) is 31.9. The summed E-state index contributed by atoms with van der Waals surface area (Å²) < 4.78 is 37.0. The molecule has 3 N–H and O–H groups in total. The van der Waals surface area contributed by atoms with Crippen molar-refractivity contribution in [1.29, 1.82) is 0 Å². The van der Waals surface area contributed by atoms with Crippen molar-refractivity contribution in [3.8, 4) is 11.8 Å². The number of carbonyl (C=O) groups is 2. The Bertz CT molecular complexity index is 1280. The van der Waals surface area contributed by atoms with Gasteiger partial charge in [0.15, 0.2) is 9.84 Å². The molecule has 0 bridgehead atoms. The lowest BCUT2D eigenvalue weighted by Gasteiger charge is -2.28. The van der Waals surface area contributed by atoms with Crippen molar-refractivity contribution in [2.45, 2.75) is 82.9 Å². The van der Waals surface area contributed by atoms with Crippen molar-refractivity contribution in [3.05, 3.63) is 65.2 Å². The maximum Gasteiger partial charge on any atom is 0.408 e. The molecule has 1 atom stereocenters. The smallest absolute Gasteiger partial charge is 0.408 e. The van der Waals surface area contributed by atoms with Gasteiger partial charge in [0.05, 0.1) is 10.6 Å². The van der Waals surface area contributed by atoms with Crippen LogP contribution in [0.1, 0.15) is 70.6 Å². The first-order valence-electron chi connectivity index (χ1n) is 12.9. The summed E-state index contributed by atoms with van der Waals surface area (Å²) in [6.07, 6.45) is 0.694. The molecule has 0 aromatic heterocycles. The number of carbonyl (C=O) groups excluding carboxylic acids is 2. The summed E-state index contributed by atoms with van der Waals surface area (Å²) in [4.78, 5) is 25.4. The van der Waals surface area contributed by atoms with Crippen LogP contribution in [0.3, 0.4) is 0 Å². The van der Waals surface area contributed by atoms with E-state index in [1.54, 1.807) is 32.9 Å². The van der Waals surface area contributed by atoms with E-state index in [9.17, 15) is 18.0 Å². The summed E-state index contributed by atoms with van der Waals surface area (Å²) in [5.74, 6) is 5.04. The molecule has 9 heteroatoms. The summed E-state index contributed by atoms with van der Waals surface area (Å²) in [6, 6.07) is 13.1. The second-order valence-corrected chi connectivity index (χ2v) is 13.1. The molecule has 0 unspecified atom stereocenters. The Labute approximate surface area is 232 Å². The standard InChI is InChI=1S/C30H40N2O6S/c1-22-10-12-23(13-11-22)14-15-24-16-18-25(19-17-24)39(35,36)21-30(5,6)38-28(34)32-26(9-7-8-20-31)27(33)37-29(2,3)4/h10-13,16-19,26H,7-9,20-21,31H2,1-6H3,(H,32,34)/t26-/m1/s1. The minimum Gasteiger partial charge on any atom is -0.458 e. The van der Waals surface area contributed by atoms with Gasteiger partial charge < -0.3 is 20.5 Å². The summed E-state index contributed by atoms with van der Waals surface area (Å²) in [5, 5.41) is 2.53. The Morgan fingerprint density at radius 2 is 1.44 bits per heavy atom. The van der Waals surface area contributed by atoms with E-state index >= 15 is 0 Å². The van der Waals surface area contributed by atoms with Crippen LogP contribution in [0.4, 0.5) is 4.79 Å². The molecule has 212 valence electrons. The van der Waals surface area contributed by atoms with E-state index in [-0.39, 0.29) is 4.90 Å². The molecular weight excluding hydrogens is 516 g/mol. The zero-order valence-electron chi connectivity index (χ0n) is 23.7. The molecule has 0 spiro atoms. The first-order valence-corrected chi connectivity index (χ1v) is 14.6. The number of aryl methyl sites for hydroxylation is 1. The number of alkyl carbamates (subject to hydrolysis) is 1. The Hall–Kier alpha value is -3.35. The Morgan fingerprint density at radius 1 is 0.897 bits per heavy atom. The lowest BCUT2D eigenvalue weighted by molar-refractivity contribution is -0.157. The lowest BCUT2D eigenvalue weighted by atomic mass is 10.1. The van der Waals surface area contributed by atoms with Crippen molar-refractivity contribution < 1.29 is 27.5 Å². The maximum atomic E-state index is 13.1. The zero-order chi connectivity index (χ0) is 29.3. The summed E-state index contributed by atoms with van der Waals surface area (Å²) in [6.45, 7) is 10.7. The average molecular weight is 557 g/mol. The summed E-state index contributed by atoms with van der Waals surface area (Å²) >= 11 is 0. The zero-order valence-corrected chi connectivity index (χ0v) is 24.5. The monoisotopic (exact) mass is 556 g/mol. The van der Waals surface area contributed by atoms with Gasteiger partial charge in [0.25, 0.3) is 0 Å². The van der Waals surface area contributed by atoms with E-state index in [4.69, 9.17) is 15.2 Å². The number of benzene rings is 2. The van der Waals surface area contributed by atoms with Gasteiger partial charge in [0.2, 0.25) is 0 Å². The van der Waals surface area contributed by atoms with Crippen molar-refractivity contribution in [3.63, 3.8) is 0 Å². The van der Waals surface area contributed by atoms with Gasteiger partial charge in [-0.2, -0.15) is 0 Å². The van der Waals surface area contributed by atoms with Gasteiger partial charge in [-0.25, -0.2) is 18.0 Å². The minimum atomic E-state index is -3.80. The fraction of sp³-hybridized carbons (Fsp3) is 0.467. The van der Waals surface area contributed by atoms with E-state index in [0.29, 0.717) is 31.4 Å². The molecular formula is C30H40N2O6S. The third-order valence-electron chi connectivity index (χ3n) is 5.45. The normalized spacial score (nSPS) is 12.6. The Morgan fingerprint density at radius 3 is 1.95 bits per heavy atom. The highest BCUT2D eigenvalue weighted by atomic mass is 32.2. The van der Waals surface area contributed by atoms with Crippen LogP contribution in [0.2, 0.25) is 0 Å². The van der Waals surface area contributed by atoms with E-state index < -0.39 is 44.9 Å². The Balaban J connectivity index is 2.05. The fourth-order valence-electron chi connectivity index (χ4n) is 3.63. The summed E-state index contributed by atoms with van der Waals surface area (Å²) in [5.41, 5.74) is 6.12. The van der Waals surface area contributed by atoms with Crippen LogP contribution in [0.15, 0.2) is 53.4 Å². The van der Waals surface area contributed by atoms with Crippen LogP contribution >= 0.6 is 0 Å². The average Bonchev–Trinajstić information content (AvgIpc) is 2.81. The molecule has 0 saturated carbocycles. The van der Waals surface area contributed by atoms with Gasteiger partial charge in [-0.05, 0) is 104 Å². The van der Waals surface area contributed by atoms with Gasteiger partial charge in [0, 0.05) is 11.1 Å². The van der Waals surface area contributed by atoms with E-state index in [1.807, 2.05) is 31.2 Å². The van der Waals surface area contributed by atoms with Crippen LogP contribution in [0.25, 0.3) is 0 Å².